The molecule has 23 heavy (non-hydrogen) atoms. The van der Waals surface area contributed by atoms with Crippen LogP contribution in [0, 0.1) is 6.92 Å². The summed E-state index contributed by atoms with van der Waals surface area (Å²) in [6.45, 7) is 3.07. The lowest BCUT2D eigenvalue weighted by Crippen LogP contribution is -2.11. The van der Waals surface area contributed by atoms with Crippen molar-refractivity contribution < 1.29 is 18.3 Å². The lowest BCUT2D eigenvalue weighted by atomic mass is 10.1. The van der Waals surface area contributed by atoms with Crippen molar-refractivity contribution in [1.82, 2.24) is 9.97 Å². The molecule has 3 rings (SSSR count). The summed E-state index contributed by atoms with van der Waals surface area (Å²) in [4.78, 5) is 19.1. The van der Waals surface area contributed by atoms with E-state index in [1.165, 1.54) is 6.92 Å². The molecule has 0 bridgehead atoms. The van der Waals surface area contributed by atoms with Crippen LogP contribution < -0.4 is 0 Å². The summed E-state index contributed by atoms with van der Waals surface area (Å²) in [6, 6.07) is 6.69. The zero-order chi connectivity index (χ0) is 16.9. The largest absolute Gasteiger partial charge is 0.477 e. The lowest BCUT2D eigenvalue weighted by Gasteiger charge is -2.07. The normalized spacial score (nSPS) is 15.6. The quantitative estimate of drug-likeness (QED) is 0.836. The second-order valence-corrected chi connectivity index (χ2v) is 7.32. The minimum Gasteiger partial charge on any atom is -0.477 e. The second kappa shape index (κ2) is 5.14. The van der Waals surface area contributed by atoms with Crippen LogP contribution >= 0.6 is 11.6 Å². The highest BCUT2D eigenvalue weighted by molar-refractivity contribution is 7.96. The number of fused-ring (bicyclic) bond motifs is 1. The average Bonchev–Trinajstić information content (AvgIpc) is 2.65. The third-order valence-corrected chi connectivity index (χ3v) is 5.63. The van der Waals surface area contributed by atoms with E-state index in [0.717, 1.165) is 0 Å². The van der Waals surface area contributed by atoms with Gasteiger partial charge in [-0.05, 0) is 31.6 Å². The molecule has 1 N–H and O–H groups in total. The van der Waals surface area contributed by atoms with Crippen LogP contribution in [-0.4, -0.2) is 29.5 Å². The molecule has 0 aliphatic carbocycles. The summed E-state index contributed by atoms with van der Waals surface area (Å²) in [5.74, 6) is -1.31. The van der Waals surface area contributed by atoms with Crippen molar-refractivity contribution in [2.45, 2.75) is 18.9 Å². The lowest BCUT2D eigenvalue weighted by molar-refractivity contribution is -0.131. The SMILES string of the molecule is CC1=C(C(=O)O)S(=O)(=O)c2nc(-c3cccc(Cl)c3)nc(C)c21. The Hall–Kier alpha value is -2.25. The number of carboxylic acids is 1. The summed E-state index contributed by atoms with van der Waals surface area (Å²) in [5.41, 5.74) is 1.37. The molecule has 0 unspecified atom stereocenters. The van der Waals surface area contributed by atoms with Crippen LogP contribution in [0.2, 0.25) is 5.02 Å². The number of aryl methyl sites for hydroxylation is 1. The van der Waals surface area contributed by atoms with Crippen molar-refractivity contribution in [2.24, 2.45) is 0 Å². The maximum atomic E-state index is 12.5. The fraction of sp³-hybridized carbons (Fsp3) is 0.133. The Kier molecular flexibility index (Phi) is 3.50. The minimum absolute atomic E-state index is 0.155. The molecule has 1 aliphatic rings. The van der Waals surface area contributed by atoms with Crippen LogP contribution in [0.1, 0.15) is 18.2 Å². The van der Waals surface area contributed by atoms with E-state index in [1.54, 1.807) is 31.2 Å². The highest BCUT2D eigenvalue weighted by atomic mass is 35.5. The van der Waals surface area contributed by atoms with Gasteiger partial charge < -0.3 is 5.11 Å². The number of benzene rings is 1. The van der Waals surface area contributed by atoms with E-state index >= 15 is 0 Å². The maximum absolute atomic E-state index is 12.5. The van der Waals surface area contributed by atoms with Gasteiger partial charge in [-0.1, -0.05) is 23.7 Å². The molecule has 6 nitrogen and oxygen atoms in total. The molecule has 2 aromatic rings. The molecule has 0 radical (unpaired) electrons. The molecule has 2 heterocycles. The fourth-order valence-corrected chi connectivity index (χ4v) is 4.51. The summed E-state index contributed by atoms with van der Waals surface area (Å²) < 4.78 is 25.0. The van der Waals surface area contributed by atoms with Gasteiger partial charge in [-0.15, -0.1) is 0 Å². The van der Waals surface area contributed by atoms with E-state index in [4.69, 9.17) is 11.6 Å². The number of hydrogen-bond donors (Lipinski definition) is 1. The van der Waals surface area contributed by atoms with Crippen molar-refractivity contribution in [1.29, 1.82) is 0 Å². The first kappa shape index (κ1) is 15.6. The molecule has 118 valence electrons. The van der Waals surface area contributed by atoms with Crippen LogP contribution in [0.5, 0.6) is 0 Å². The zero-order valence-corrected chi connectivity index (χ0v) is 13.7. The molecule has 0 saturated carbocycles. The van der Waals surface area contributed by atoms with Gasteiger partial charge in [-0.3, -0.25) is 0 Å². The van der Waals surface area contributed by atoms with E-state index in [0.29, 0.717) is 16.3 Å². The molecule has 0 amide bonds. The Morgan fingerprint density at radius 1 is 1.22 bits per heavy atom. The standard InChI is InChI=1S/C15H11ClN2O4S/c1-7-11-8(2)17-13(9-4-3-5-10(16)6-9)18-14(11)23(21,22)12(7)15(19)20/h3-6H,1-2H3,(H,19,20). The molecule has 1 aromatic heterocycles. The number of sulfone groups is 1. The van der Waals surface area contributed by atoms with Gasteiger partial charge in [0.2, 0.25) is 9.84 Å². The molecule has 8 heteroatoms. The molecule has 0 spiro atoms. The van der Waals surface area contributed by atoms with Crippen LogP contribution in [-0.2, 0) is 14.6 Å². The number of carboxylic acid groups (broad SMARTS) is 1. The first-order chi connectivity index (χ1) is 10.7. The first-order valence-corrected chi connectivity index (χ1v) is 8.44. The van der Waals surface area contributed by atoms with Crippen molar-refractivity contribution >= 4 is 33.0 Å². The molecule has 0 saturated heterocycles. The molecule has 1 aliphatic heterocycles. The number of allylic oxidation sites excluding steroid dienone is 1. The van der Waals surface area contributed by atoms with Gasteiger partial charge in [-0.2, -0.15) is 0 Å². The topological polar surface area (TPSA) is 97.2 Å². The number of aromatic nitrogens is 2. The smallest absolute Gasteiger partial charge is 0.348 e. The zero-order valence-electron chi connectivity index (χ0n) is 12.2. The van der Waals surface area contributed by atoms with E-state index in [9.17, 15) is 18.3 Å². The summed E-state index contributed by atoms with van der Waals surface area (Å²) in [5, 5.41) is 9.40. The summed E-state index contributed by atoms with van der Waals surface area (Å²) >= 11 is 5.94. The van der Waals surface area contributed by atoms with Gasteiger partial charge in [0.05, 0.1) is 5.69 Å². The average molecular weight is 351 g/mol. The Morgan fingerprint density at radius 3 is 2.52 bits per heavy atom. The van der Waals surface area contributed by atoms with E-state index < -0.39 is 20.7 Å². The van der Waals surface area contributed by atoms with Crippen molar-refractivity contribution in [3.8, 4) is 11.4 Å². The number of aliphatic carboxylic acids is 1. The number of hydrogen-bond acceptors (Lipinski definition) is 5. The molecule has 0 atom stereocenters. The van der Waals surface area contributed by atoms with Crippen LogP contribution in [0.3, 0.4) is 0 Å². The van der Waals surface area contributed by atoms with Crippen molar-refractivity contribution in [2.75, 3.05) is 0 Å². The van der Waals surface area contributed by atoms with Crippen molar-refractivity contribution in [3.05, 3.63) is 45.5 Å². The fourth-order valence-electron chi connectivity index (χ4n) is 2.62. The highest BCUT2D eigenvalue weighted by Crippen LogP contribution is 2.40. The minimum atomic E-state index is -4.16. The van der Waals surface area contributed by atoms with Gasteiger partial charge in [0.1, 0.15) is 0 Å². The maximum Gasteiger partial charge on any atom is 0.348 e. The second-order valence-electron chi connectivity index (χ2n) is 5.09. The predicted octanol–water partition coefficient (Wildman–Crippen LogP) is 2.71. The Balaban J connectivity index is 2.30. The molecule has 0 fully saturated rings. The van der Waals surface area contributed by atoms with Gasteiger partial charge in [0.15, 0.2) is 15.8 Å². The summed E-state index contributed by atoms with van der Waals surface area (Å²) in [6.07, 6.45) is 0. The van der Waals surface area contributed by atoms with Gasteiger partial charge in [-0.25, -0.2) is 23.2 Å². The third kappa shape index (κ3) is 2.32. The van der Waals surface area contributed by atoms with E-state index in [1.807, 2.05) is 0 Å². The van der Waals surface area contributed by atoms with Gasteiger partial charge in [0.25, 0.3) is 0 Å². The van der Waals surface area contributed by atoms with E-state index in [-0.39, 0.29) is 22.0 Å². The number of halogens is 1. The Morgan fingerprint density at radius 2 is 1.91 bits per heavy atom. The monoisotopic (exact) mass is 350 g/mol. The number of carbonyl (C=O) groups is 1. The Bertz CT molecular complexity index is 997. The summed E-state index contributed by atoms with van der Waals surface area (Å²) in [7, 11) is -4.16. The third-order valence-electron chi connectivity index (χ3n) is 3.57. The van der Waals surface area contributed by atoms with E-state index in [2.05, 4.69) is 9.97 Å². The Labute approximate surface area is 137 Å². The molecular formula is C15H11ClN2O4S. The molecule has 1 aromatic carbocycles. The first-order valence-electron chi connectivity index (χ1n) is 6.57. The van der Waals surface area contributed by atoms with Gasteiger partial charge in [0, 0.05) is 16.1 Å². The molecular weight excluding hydrogens is 340 g/mol. The van der Waals surface area contributed by atoms with Gasteiger partial charge >= 0.3 is 5.97 Å². The number of rotatable bonds is 2. The predicted molar refractivity (Wildman–Crippen MR) is 84.6 cm³/mol. The highest BCUT2D eigenvalue weighted by Gasteiger charge is 2.41. The van der Waals surface area contributed by atoms with Crippen LogP contribution in [0.4, 0.5) is 0 Å². The van der Waals surface area contributed by atoms with Crippen LogP contribution in [0.15, 0.2) is 34.2 Å². The van der Waals surface area contributed by atoms with Crippen LogP contribution in [0.25, 0.3) is 17.0 Å². The van der Waals surface area contributed by atoms with Crippen molar-refractivity contribution in [3.63, 3.8) is 0 Å². The number of nitrogens with zero attached hydrogens (tertiary/aromatic N) is 2.